The van der Waals surface area contributed by atoms with E-state index in [0.29, 0.717) is 13.0 Å². The van der Waals surface area contributed by atoms with Crippen molar-refractivity contribution in [3.63, 3.8) is 0 Å². The molecule has 1 aliphatic heterocycles. The van der Waals surface area contributed by atoms with Crippen molar-refractivity contribution in [3.05, 3.63) is 35.6 Å². The first-order valence-electron chi connectivity index (χ1n) is 6.11. The van der Waals surface area contributed by atoms with Gasteiger partial charge in [0, 0.05) is 12.1 Å². The summed E-state index contributed by atoms with van der Waals surface area (Å²) in [5.74, 6) is -0.328. The monoisotopic (exact) mass is 251 g/mol. The van der Waals surface area contributed by atoms with Crippen molar-refractivity contribution in [1.29, 1.82) is 0 Å². The number of aliphatic hydroxyl groups excluding tert-OH is 1. The number of halogens is 1. The van der Waals surface area contributed by atoms with Gasteiger partial charge in [-0.1, -0.05) is 12.1 Å². The number of likely N-dealkylation sites (tertiary alicyclic amines) is 1. The molecule has 1 unspecified atom stereocenters. The van der Waals surface area contributed by atoms with Gasteiger partial charge in [0.1, 0.15) is 5.82 Å². The van der Waals surface area contributed by atoms with Crippen molar-refractivity contribution < 1.29 is 14.3 Å². The molecule has 3 nitrogen and oxygen atoms in total. The first-order chi connectivity index (χ1) is 8.38. The standard InChI is InChI=1S/C14H18FNO2/c1-14(2)8-12(17)9-16(14)13(18)7-10-3-5-11(15)6-4-10/h3-6,12,17H,7-9H2,1-2H3. The normalized spacial score (nSPS) is 22.2. The first-order valence-corrected chi connectivity index (χ1v) is 6.11. The van der Waals surface area contributed by atoms with Crippen LogP contribution in [0, 0.1) is 5.82 Å². The Morgan fingerprint density at radius 1 is 1.44 bits per heavy atom. The second kappa shape index (κ2) is 4.69. The predicted octanol–water partition coefficient (Wildman–Crippen LogP) is 1.74. The molecule has 1 N–H and O–H groups in total. The largest absolute Gasteiger partial charge is 0.391 e. The highest BCUT2D eigenvalue weighted by Gasteiger charge is 2.40. The molecule has 18 heavy (non-hydrogen) atoms. The Morgan fingerprint density at radius 2 is 2.06 bits per heavy atom. The van der Waals surface area contributed by atoms with Crippen LogP contribution in [0.15, 0.2) is 24.3 Å². The van der Waals surface area contributed by atoms with Crippen molar-refractivity contribution in [2.45, 2.75) is 38.3 Å². The summed E-state index contributed by atoms with van der Waals surface area (Å²) >= 11 is 0. The van der Waals surface area contributed by atoms with Crippen molar-refractivity contribution in [1.82, 2.24) is 4.90 Å². The number of benzene rings is 1. The lowest BCUT2D eigenvalue weighted by Crippen LogP contribution is -2.43. The van der Waals surface area contributed by atoms with Gasteiger partial charge in [-0.25, -0.2) is 4.39 Å². The van der Waals surface area contributed by atoms with Gasteiger partial charge in [0.15, 0.2) is 0 Å². The topological polar surface area (TPSA) is 40.5 Å². The molecule has 0 bridgehead atoms. The summed E-state index contributed by atoms with van der Waals surface area (Å²) < 4.78 is 12.8. The van der Waals surface area contributed by atoms with Gasteiger partial charge in [0.25, 0.3) is 0 Å². The predicted molar refractivity (Wildman–Crippen MR) is 66.5 cm³/mol. The number of hydrogen-bond donors (Lipinski definition) is 1. The second-order valence-corrected chi connectivity index (χ2v) is 5.48. The van der Waals surface area contributed by atoms with Crippen LogP contribution in [-0.2, 0) is 11.2 Å². The summed E-state index contributed by atoms with van der Waals surface area (Å²) in [6.07, 6.45) is 0.399. The third-order valence-electron chi connectivity index (χ3n) is 3.43. The Hall–Kier alpha value is -1.42. The molecular weight excluding hydrogens is 233 g/mol. The molecule has 0 aliphatic carbocycles. The summed E-state index contributed by atoms with van der Waals surface area (Å²) in [6.45, 7) is 4.28. The molecule has 1 aromatic rings. The van der Waals surface area contributed by atoms with Crippen molar-refractivity contribution in [2.75, 3.05) is 6.54 Å². The van der Waals surface area contributed by atoms with Crippen molar-refractivity contribution in [2.24, 2.45) is 0 Å². The number of carbonyl (C=O) groups excluding carboxylic acids is 1. The molecule has 1 saturated heterocycles. The number of β-amino-alcohol motifs (C(OH)–C–C–N with tert-alkyl or cyclic N) is 1. The van der Waals surface area contributed by atoms with E-state index < -0.39 is 6.10 Å². The number of carbonyl (C=O) groups is 1. The minimum absolute atomic E-state index is 0.0249. The minimum Gasteiger partial charge on any atom is -0.391 e. The Morgan fingerprint density at radius 3 is 2.56 bits per heavy atom. The van der Waals surface area contributed by atoms with Gasteiger partial charge < -0.3 is 10.0 Å². The molecule has 0 spiro atoms. The average Bonchev–Trinajstić information content (AvgIpc) is 2.55. The van der Waals surface area contributed by atoms with E-state index >= 15 is 0 Å². The highest BCUT2D eigenvalue weighted by molar-refractivity contribution is 5.80. The summed E-state index contributed by atoms with van der Waals surface area (Å²) in [5.41, 5.74) is 0.481. The van der Waals surface area contributed by atoms with Crippen LogP contribution in [0.5, 0.6) is 0 Å². The summed E-state index contributed by atoms with van der Waals surface area (Å²) in [7, 11) is 0. The van der Waals surface area contributed by atoms with Gasteiger partial charge in [-0.05, 0) is 38.0 Å². The Labute approximate surface area is 106 Å². The summed E-state index contributed by atoms with van der Waals surface area (Å²) in [6, 6.07) is 5.94. The van der Waals surface area contributed by atoms with E-state index in [1.165, 1.54) is 12.1 Å². The van der Waals surface area contributed by atoms with Gasteiger partial charge in [-0.3, -0.25) is 4.79 Å². The van der Waals surface area contributed by atoms with Crippen LogP contribution in [0.4, 0.5) is 4.39 Å². The Kier molecular flexibility index (Phi) is 3.39. The van der Waals surface area contributed by atoms with E-state index in [0.717, 1.165) is 5.56 Å². The van der Waals surface area contributed by atoms with E-state index in [4.69, 9.17) is 0 Å². The maximum Gasteiger partial charge on any atom is 0.227 e. The number of aliphatic hydroxyl groups is 1. The fourth-order valence-electron chi connectivity index (χ4n) is 2.52. The molecule has 1 atom stereocenters. The van der Waals surface area contributed by atoms with E-state index in [-0.39, 0.29) is 23.7 Å². The SMILES string of the molecule is CC1(C)CC(O)CN1C(=O)Cc1ccc(F)cc1. The molecule has 98 valence electrons. The maximum absolute atomic E-state index is 12.8. The van der Waals surface area contributed by atoms with Crippen molar-refractivity contribution >= 4 is 5.91 Å². The highest BCUT2D eigenvalue weighted by atomic mass is 19.1. The third kappa shape index (κ3) is 2.70. The lowest BCUT2D eigenvalue weighted by atomic mass is 10.0. The van der Waals surface area contributed by atoms with E-state index in [2.05, 4.69) is 0 Å². The molecule has 4 heteroatoms. The number of rotatable bonds is 2. The molecule has 1 aliphatic rings. The quantitative estimate of drug-likeness (QED) is 0.869. The zero-order valence-electron chi connectivity index (χ0n) is 10.7. The van der Waals surface area contributed by atoms with Crippen molar-refractivity contribution in [3.8, 4) is 0 Å². The van der Waals surface area contributed by atoms with Crippen LogP contribution in [0.2, 0.25) is 0 Å². The molecule has 1 fully saturated rings. The second-order valence-electron chi connectivity index (χ2n) is 5.48. The van der Waals surface area contributed by atoms with E-state index in [1.807, 2.05) is 13.8 Å². The number of amides is 1. The van der Waals surface area contributed by atoms with Gasteiger partial charge in [0.05, 0.1) is 12.5 Å². The molecule has 2 rings (SSSR count). The van der Waals surface area contributed by atoms with Crippen LogP contribution in [-0.4, -0.2) is 34.1 Å². The summed E-state index contributed by atoms with van der Waals surface area (Å²) in [4.78, 5) is 13.9. The van der Waals surface area contributed by atoms with Crippen LogP contribution < -0.4 is 0 Å². The highest BCUT2D eigenvalue weighted by Crippen LogP contribution is 2.29. The van der Waals surface area contributed by atoms with Gasteiger partial charge >= 0.3 is 0 Å². The van der Waals surface area contributed by atoms with E-state index in [9.17, 15) is 14.3 Å². The van der Waals surface area contributed by atoms with Gasteiger partial charge in [-0.2, -0.15) is 0 Å². The van der Waals surface area contributed by atoms with Crippen LogP contribution >= 0.6 is 0 Å². The minimum atomic E-state index is -0.447. The number of hydrogen-bond acceptors (Lipinski definition) is 2. The molecule has 1 aromatic carbocycles. The zero-order chi connectivity index (χ0) is 13.3. The number of nitrogens with zero attached hydrogens (tertiary/aromatic N) is 1. The van der Waals surface area contributed by atoms with Gasteiger partial charge in [-0.15, -0.1) is 0 Å². The molecule has 0 aromatic heterocycles. The first kappa shape index (κ1) is 13.0. The van der Waals surface area contributed by atoms with Crippen LogP contribution in [0.25, 0.3) is 0 Å². The Bertz CT molecular complexity index is 442. The maximum atomic E-state index is 12.8. The summed E-state index contributed by atoms with van der Waals surface area (Å²) in [5, 5.41) is 9.64. The lowest BCUT2D eigenvalue weighted by Gasteiger charge is -2.31. The van der Waals surface area contributed by atoms with E-state index in [1.54, 1.807) is 17.0 Å². The molecule has 0 saturated carbocycles. The molecule has 0 radical (unpaired) electrons. The molecule has 1 heterocycles. The zero-order valence-corrected chi connectivity index (χ0v) is 10.7. The fraction of sp³-hybridized carbons (Fsp3) is 0.500. The third-order valence-corrected chi connectivity index (χ3v) is 3.43. The average molecular weight is 251 g/mol. The van der Waals surface area contributed by atoms with Crippen LogP contribution in [0.3, 0.4) is 0 Å². The van der Waals surface area contributed by atoms with Crippen LogP contribution in [0.1, 0.15) is 25.8 Å². The van der Waals surface area contributed by atoms with Gasteiger partial charge in [0.2, 0.25) is 5.91 Å². The lowest BCUT2D eigenvalue weighted by molar-refractivity contribution is -0.133. The molecular formula is C14H18FNO2. The Balaban J connectivity index is 2.06. The fourth-order valence-corrected chi connectivity index (χ4v) is 2.52. The molecule has 1 amide bonds. The smallest absolute Gasteiger partial charge is 0.227 e.